The molecule has 0 aromatic carbocycles. The van der Waals surface area contributed by atoms with Crippen LogP contribution in [0.3, 0.4) is 0 Å². The molecule has 1 fully saturated rings. The lowest BCUT2D eigenvalue weighted by molar-refractivity contribution is 0.157. The molecular weight excluding hydrogens is 188 g/mol. The predicted octanol–water partition coefficient (Wildman–Crippen LogP) is 1.47. The van der Waals surface area contributed by atoms with Crippen LogP contribution in [0, 0.1) is 5.92 Å². The van der Waals surface area contributed by atoms with Crippen molar-refractivity contribution in [1.29, 1.82) is 0 Å². The van der Waals surface area contributed by atoms with Crippen LogP contribution in [0.25, 0.3) is 0 Å². The van der Waals surface area contributed by atoms with Gasteiger partial charge in [0.1, 0.15) is 0 Å². The van der Waals surface area contributed by atoms with Crippen molar-refractivity contribution in [2.75, 3.05) is 26.3 Å². The molecule has 0 spiro atoms. The maximum absolute atomic E-state index is 6.23. The maximum Gasteiger partial charge on any atom is 0.0510 e. The average Bonchev–Trinajstić information content (AvgIpc) is 2.77. The van der Waals surface area contributed by atoms with Crippen molar-refractivity contribution >= 4 is 0 Å². The van der Waals surface area contributed by atoms with Gasteiger partial charge in [0.15, 0.2) is 0 Å². The van der Waals surface area contributed by atoms with E-state index in [1.54, 1.807) is 0 Å². The van der Waals surface area contributed by atoms with E-state index in [4.69, 9.17) is 10.5 Å². The third-order valence-electron chi connectivity index (χ3n) is 3.64. The molecule has 1 heterocycles. The van der Waals surface area contributed by atoms with Crippen LogP contribution >= 0.6 is 0 Å². The molecule has 90 valence electrons. The Balaban J connectivity index is 2.36. The van der Waals surface area contributed by atoms with Crippen molar-refractivity contribution in [3.8, 4) is 0 Å². The van der Waals surface area contributed by atoms with Gasteiger partial charge in [-0.15, -0.1) is 0 Å². The second-order valence-corrected chi connectivity index (χ2v) is 4.63. The number of nitrogens with zero attached hydrogens (tertiary/aromatic N) is 1. The molecule has 0 aliphatic carbocycles. The number of rotatable bonds is 6. The van der Waals surface area contributed by atoms with Gasteiger partial charge < -0.3 is 10.5 Å². The first-order valence-electron chi connectivity index (χ1n) is 6.26. The Bertz CT molecular complexity index is 169. The van der Waals surface area contributed by atoms with Gasteiger partial charge >= 0.3 is 0 Å². The predicted molar refractivity (Wildman–Crippen MR) is 63.9 cm³/mol. The van der Waals surface area contributed by atoms with Gasteiger partial charge in [0.25, 0.3) is 0 Å². The highest BCUT2D eigenvalue weighted by Gasteiger charge is 2.25. The molecule has 0 aromatic rings. The molecule has 0 amide bonds. The Hall–Kier alpha value is -0.120. The number of hydrogen-bond acceptors (Lipinski definition) is 3. The van der Waals surface area contributed by atoms with Crippen molar-refractivity contribution in [1.82, 2.24) is 4.90 Å². The molecule has 1 saturated heterocycles. The minimum Gasteiger partial charge on any atom is -0.381 e. The van der Waals surface area contributed by atoms with E-state index in [-0.39, 0.29) is 6.04 Å². The van der Waals surface area contributed by atoms with Gasteiger partial charge in [-0.3, -0.25) is 4.90 Å². The monoisotopic (exact) mass is 214 g/mol. The molecular formula is C12H26N2O. The summed E-state index contributed by atoms with van der Waals surface area (Å²) >= 11 is 0. The van der Waals surface area contributed by atoms with Crippen molar-refractivity contribution in [2.24, 2.45) is 11.7 Å². The van der Waals surface area contributed by atoms with Crippen LogP contribution in [0.1, 0.15) is 33.6 Å². The number of ether oxygens (including phenoxy) is 1. The van der Waals surface area contributed by atoms with Gasteiger partial charge in [0, 0.05) is 31.2 Å². The normalized spacial score (nSPS) is 25.8. The summed E-state index contributed by atoms with van der Waals surface area (Å²) < 4.78 is 5.38. The van der Waals surface area contributed by atoms with E-state index >= 15 is 0 Å². The topological polar surface area (TPSA) is 38.5 Å². The number of nitrogens with two attached hydrogens (primary N) is 1. The van der Waals surface area contributed by atoms with Crippen molar-refractivity contribution in [2.45, 2.75) is 45.7 Å². The van der Waals surface area contributed by atoms with E-state index in [1.165, 1.54) is 6.42 Å². The highest BCUT2D eigenvalue weighted by molar-refractivity contribution is 4.80. The molecule has 0 aromatic heterocycles. The Labute approximate surface area is 94.0 Å². The van der Waals surface area contributed by atoms with E-state index in [1.807, 2.05) is 0 Å². The van der Waals surface area contributed by atoms with Gasteiger partial charge in [-0.25, -0.2) is 0 Å². The van der Waals surface area contributed by atoms with E-state index in [0.717, 1.165) is 32.7 Å². The molecule has 3 atom stereocenters. The summed E-state index contributed by atoms with van der Waals surface area (Å²) in [5.41, 5.74) is 6.23. The van der Waals surface area contributed by atoms with Gasteiger partial charge in [0.05, 0.1) is 6.61 Å². The van der Waals surface area contributed by atoms with Crippen LogP contribution in [0.5, 0.6) is 0 Å². The quantitative estimate of drug-likeness (QED) is 0.727. The first-order valence-corrected chi connectivity index (χ1v) is 6.26. The summed E-state index contributed by atoms with van der Waals surface area (Å²) in [6, 6.07) is 0.921. The zero-order chi connectivity index (χ0) is 11.3. The Morgan fingerprint density at radius 1 is 1.47 bits per heavy atom. The summed E-state index contributed by atoms with van der Waals surface area (Å²) in [5.74, 6) is 0.572. The smallest absolute Gasteiger partial charge is 0.0510 e. The Kier molecular flexibility index (Phi) is 5.58. The Morgan fingerprint density at radius 2 is 2.20 bits per heavy atom. The van der Waals surface area contributed by atoms with Gasteiger partial charge in [-0.05, 0) is 26.3 Å². The van der Waals surface area contributed by atoms with Crippen LogP contribution in [-0.4, -0.2) is 43.3 Å². The van der Waals surface area contributed by atoms with Crippen LogP contribution < -0.4 is 5.73 Å². The molecule has 3 heteroatoms. The molecule has 0 saturated carbocycles. The summed E-state index contributed by atoms with van der Waals surface area (Å²) in [5, 5.41) is 0. The second-order valence-electron chi connectivity index (χ2n) is 4.63. The molecule has 0 radical (unpaired) electrons. The minimum atomic E-state index is 0.279. The zero-order valence-corrected chi connectivity index (χ0v) is 10.4. The highest BCUT2D eigenvalue weighted by atomic mass is 16.5. The molecule has 3 nitrogen and oxygen atoms in total. The number of likely N-dealkylation sites (N-methyl/N-ethyl adjacent to an activating group) is 1. The fourth-order valence-corrected chi connectivity index (χ4v) is 2.19. The van der Waals surface area contributed by atoms with Gasteiger partial charge in [-0.2, -0.15) is 0 Å². The van der Waals surface area contributed by atoms with Crippen molar-refractivity contribution in [3.05, 3.63) is 0 Å². The zero-order valence-electron chi connectivity index (χ0n) is 10.4. The molecule has 3 unspecified atom stereocenters. The van der Waals surface area contributed by atoms with E-state index in [0.29, 0.717) is 12.0 Å². The first kappa shape index (κ1) is 12.9. The fraction of sp³-hybridized carbons (Fsp3) is 1.00. The van der Waals surface area contributed by atoms with Crippen LogP contribution in [0.2, 0.25) is 0 Å². The van der Waals surface area contributed by atoms with E-state index in [2.05, 4.69) is 25.7 Å². The largest absolute Gasteiger partial charge is 0.381 e. The highest BCUT2D eigenvalue weighted by Crippen LogP contribution is 2.17. The third-order valence-corrected chi connectivity index (χ3v) is 3.64. The van der Waals surface area contributed by atoms with Crippen molar-refractivity contribution in [3.63, 3.8) is 0 Å². The van der Waals surface area contributed by atoms with Gasteiger partial charge in [0.2, 0.25) is 0 Å². The minimum absolute atomic E-state index is 0.279. The fourth-order valence-electron chi connectivity index (χ4n) is 2.19. The van der Waals surface area contributed by atoms with E-state index < -0.39 is 0 Å². The maximum atomic E-state index is 6.23. The summed E-state index contributed by atoms with van der Waals surface area (Å²) in [6.07, 6.45) is 2.33. The van der Waals surface area contributed by atoms with Crippen LogP contribution in [-0.2, 0) is 4.74 Å². The lowest BCUT2D eigenvalue weighted by Crippen LogP contribution is -2.45. The van der Waals surface area contributed by atoms with Crippen molar-refractivity contribution < 1.29 is 4.74 Å². The lowest BCUT2D eigenvalue weighted by Gasteiger charge is -2.31. The lowest BCUT2D eigenvalue weighted by atomic mass is 9.99. The average molecular weight is 214 g/mol. The van der Waals surface area contributed by atoms with Gasteiger partial charge in [-0.1, -0.05) is 13.8 Å². The molecule has 1 aliphatic rings. The molecule has 1 aliphatic heterocycles. The molecule has 0 bridgehead atoms. The summed E-state index contributed by atoms with van der Waals surface area (Å²) in [7, 11) is 0. The molecule has 15 heavy (non-hydrogen) atoms. The first-order chi connectivity index (χ1) is 7.19. The third kappa shape index (κ3) is 3.74. The Morgan fingerprint density at radius 3 is 2.67 bits per heavy atom. The second kappa shape index (κ2) is 6.46. The van der Waals surface area contributed by atoms with Crippen LogP contribution in [0.15, 0.2) is 0 Å². The standard InChI is InChI=1S/C12H26N2O/c1-4-10(3)14(5-2)8-12(13)11-6-7-15-9-11/h10-12H,4-9,13H2,1-3H3. The number of hydrogen-bond donors (Lipinski definition) is 1. The molecule has 2 N–H and O–H groups in total. The summed E-state index contributed by atoms with van der Waals surface area (Å²) in [4.78, 5) is 2.48. The van der Waals surface area contributed by atoms with Crippen LogP contribution in [0.4, 0.5) is 0 Å². The SMILES string of the molecule is CCC(C)N(CC)CC(N)C1CCOC1. The van der Waals surface area contributed by atoms with E-state index in [9.17, 15) is 0 Å². The summed E-state index contributed by atoms with van der Waals surface area (Å²) in [6.45, 7) is 10.6. The molecule has 1 rings (SSSR count).